The number of halogens is 2. The summed E-state index contributed by atoms with van der Waals surface area (Å²) >= 11 is 6.07. The van der Waals surface area contributed by atoms with Crippen LogP contribution >= 0.6 is 11.6 Å². The number of aryl methyl sites for hydroxylation is 1. The van der Waals surface area contributed by atoms with Crippen molar-refractivity contribution in [2.45, 2.75) is 47.1 Å². The van der Waals surface area contributed by atoms with Gasteiger partial charge in [-0.1, -0.05) is 45.4 Å². The van der Waals surface area contributed by atoms with Crippen LogP contribution in [0.25, 0.3) is 0 Å². The molecule has 0 aliphatic heterocycles. The Kier molecular flexibility index (Phi) is 4.79. The summed E-state index contributed by atoms with van der Waals surface area (Å²) in [6.45, 7) is 10.5. The number of hydrogen-bond acceptors (Lipinski definition) is 1. The smallest absolute Gasteiger partial charge is 0.127 e. The SMILES string of the molecule is Cc1cc(C(N)CC(C)C(C)(C)C)c(Cl)cc1F. The van der Waals surface area contributed by atoms with Crippen LogP contribution in [0.4, 0.5) is 4.39 Å². The van der Waals surface area contributed by atoms with E-state index in [0.717, 1.165) is 12.0 Å². The van der Waals surface area contributed by atoms with Gasteiger partial charge in [-0.25, -0.2) is 4.39 Å². The molecule has 0 amide bonds. The maximum absolute atomic E-state index is 13.3. The van der Waals surface area contributed by atoms with Gasteiger partial charge in [0.2, 0.25) is 0 Å². The molecule has 1 aromatic rings. The predicted molar refractivity (Wildman–Crippen MR) is 76.3 cm³/mol. The Hall–Kier alpha value is -0.600. The third-order valence-corrected chi connectivity index (χ3v) is 4.09. The summed E-state index contributed by atoms with van der Waals surface area (Å²) in [7, 11) is 0. The summed E-state index contributed by atoms with van der Waals surface area (Å²) in [4.78, 5) is 0. The lowest BCUT2D eigenvalue weighted by atomic mass is 9.77. The summed E-state index contributed by atoms with van der Waals surface area (Å²) in [6, 6.07) is 2.97. The van der Waals surface area contributed by atoms with Crippen molar-refractivity contribution < 1.29 is 4.39 Å². The second kappa shape index (κ2) is 5.58. The minimum Gasteiger partial charge on any atom is -0.324 e. The Labute approximate surface area is 115 Å². The standard InChI is InChI=1S/C15H23ClFN/c1-9-6-11(12(16)8-13(9)17)14(18)7-10(2)15(3,4)5/h6,8,10,14H,7,18H2,1-5H3. The van der Waals surface area contributed by atoms with E-state index in [-0.39, 0.29) is 17.3 Å². The Balaban J connectivity index is 2.91. The van der Waals surface area contributed by atoms with Crippen molar-refractivity contribution in [1.82, 2.24) is 0 Å². The van der Waals surface area contributed by atoms with Gasteiger partial charge in [0.1, 0.15) is 5.82 Å². The first kappa shape index (κ1) is 15.5. The molecule has 0 aliphatic rings. The summed E-state index contributed by atoms with van der Waals surface area (Å²) in [5.41, 5.74) is 7.84. The fraction of sp³-hybridized carbons (Fsp3) is 0.600. The molecule has 0 saturated heterocycles. The van der Waals surface area contributed by atoms with Crippen molar-refractivity contribution in [3.63, 3.8) is 0 Å². The van der Waals surface area contributed by atoms with Gasteiger partial charge >= 0.3 is 0 Å². The largest absolute Gasteiger partial charge is 0.324 e. The third kappa shape index (κ3) is 3.69. The van der Waals surface area contributed by atoms with Crippen molar-refractivity contribution in [1.29, 1.82) is 0 Å². The summed E-state index contributed by atoms with van der Waals surface area (Å²) in [6.07, 6.45) is 0.842. The van der Waals surface area contributed by atoms with Gasteiger partial charge in [0.05, 0.1) is 0 Å². The lowest BCUT2D eigenvalue weighted by Crippen LogP contribution is -2.23. The fourth-order valence-electron chi connectivity index (χ4n) is 1.83. The van der Waals surface area contributed by atoms with Crippen molar-refractivity contribution in [3.05, 3.63) is 34.1 Å². The first-order chi connectivity index (χ1) is 8.12. The minimum absolute atomic E-state index is 0.147. The van der Waals surface area contributed by atoms with Crippen LogP contribution in [0.2, 0.25) is 5.02 Å². The second-order valence-electron chi connectivity index (χ2n) is 6.23. The zero-order valence-electron chi connectivity index (χ0n) is 11.8. The molecule has 0 aliphatic carbocycles. The van der Waals surface area contributed by atoms with Gasteiger partial charge in [-0.15, -0.1) is 0 Å². The van der Waals surface area contributed by atoms with Crippen molar-refractivity contribution in [2.24, 2.45) is 17.1 Å². The Morgan fingerprint density at radius 2 is 1.89 bits per heavy atom. The molecule has 18 heavy (non-hydrogen) atoms. The van der Waals surface area contributed by atoms with E-state index in [1.807, 2.05) is 0 Å². The normalized spacial score (nSPS) is 15.6. The first-order valence-corrected chi connectivity index (χ1v) is 6.72. The highest BCUT2D eigenvalue weighted by Gasteiger charge is 2.24. The average Bonchev–Trinajstić information content (AvgIpc) is 2.21. The quantitative estimate of drug-likeness (QED) is 0.835. The molecular formula is C15H23ClFN. The molecule has 0 heterocycles. The van der Waals surface area contributed by atoms with Crippen molar-refractivity contribution in [3.8, 4) is 0 Å². The van der Waals surface area contributed by atoms with Gasteiger partial charge in [0.15, 0.2) is 0 Å². The van der Waals surface area contributed by atoms with Crippen LogP contribution < -0.4 is 5.73 Å². The van der Waals surface area contributed by atoms with Crippen LogP contribution in [0.1, 0.15) is 51.3 Å². The predicted octanol–water partition coefficient (Wildman–Crippen LogP) is 4.86. The van der Waals surface area contributed by atoms with Crippen LogP contribution in [0.15, 0.2) is 12.1 Å². The molecule has 0 saturated carbocycles. The van der Waals surface area contributed by atoms with Crippen LogP contribution in [-0.4, -0.2) is 0 Å². The summed E-state index contributed by atoms with van der Waals surface area (Å²) < 4.78 is 13.3. The van der Waals surface area contributed by atoms with E-state index in [1.54, 1.807) is 13.0 Å². The zero-order valence-corrected chi connectivity index (χ0v) is 12.6. The summed E-state index contributed by atoms with van der Waals surface area (Å²) in [5, 5.41) is 0.423. The maximum atomic E-state index is 13.3. The minimum atomic E-state index is -0.278. The Bertz CT molecular complexity index is 423. The van der Waals surface area contributed by atoms with Gasteiger partial charge in [0, 0.05) is 11.1 Å². The molecule has 0 fully saturated rings. The highest BCUT2D eigenvalue weighted by atomic mass is 35.5. The van der Waals surface area contributed by atoms with Gasteiger partial charge < -0.3 is 5.73 Å². The van der Waals surface area contributed by atoms with Crippen LogP contribution in [0, 0.1) is 24.1 Å². The number of rotatable bonds is 3. The first-order valence-electron chi connectivity index (χ1n) is 6.34. The van der Waals surface area contributed by atoms with E-state index in [4.69, 9.17) is 17.3 Å². The van der Waals surface area contributed by atoms with E-state index in [0.29, 0.717) is 16.5 Å². The molecule has 0 bridgehead atoms. The van der Waals surface area contributed by atoms with Crippen molar-refractivity contribution in [2.75, 3.05) is 0 Å². The van der Waals surface area contributed by atoms with E-state index in [1.165, 1.54) is 6.07 Å². The molecule has 2 N–H and O–H groups in total. The van der Waals surface area contributed by atoms with Crippen molar-refractivity contribution >= 4 is 11.6 Å². The maximum Gasteiger partial charge on any atom is 0.127 e. The van der Waals surface area contributed by atoms with Crippen LogP contribution in [0.3, 0.4) is 0 Å². The molecule has 2 unspecified atom stereocenters. The monoisotopic (exact) mass is 271 g/mol. The highest BCUT2D eigenvalue weighted by Crippen LogP contribution is 2.34. The van der Waals surface area contributed by atoms with E-state index in [9.17, 15) is 4.39 Å². The van der Waals surface area contributed by atoms with E-state index < -0.39 is 0 Å². The molecule has 0 radical (unpaired) electrons. The molecule has 2 atom stereocenters. The van der Waals surface area contributed by atoms with E-state index in [2.05, 4.69) is 27.7 Å². The third-order valence-electron chi connectivity index (χ3n) is 3.76. The topological polar surface area (TPSA) is 26.0 Å². The number of nitrogens with two attached hydrogens (primary N) is 1. The number of hydrogen-bond donors (Lipinski definition) is 1. The molecule has 102 valence electrons. The molecule has 0 spiro atoms. The molecule has 1 aromatic carbocycles. The molecule has 0 aromatic heterocycles. The lowest BCUT2D eigenvalue weighted by molar-refractivity contribution is 0.234. The average molecular weight is 272 g/mol. The second-order valence-corrected chi connectivity index (χ2v) is 6.64. The zero-order chi connectivity index (χ0) is 14.1. The molecular weight excluding hydrogens is 249 g/mol. The Morgan fingerprint density at radius 1 is 1.33 bits per heavy atom. The Morgan fingerprint density at radius 3 is 2.39 bits per heavy atom. The fourth-order valence-corrected chi connectivity index (χ4v) is 2.12. The van der Waals surface area contributed by atoms with Gasteiger partial charge in [0.25, 0.3) is 0 Å². The van der Waals surface area contributed by atoms with Gasteiger partial charge in [-0.2, -0.15) is 0 Å². The number of benzene rings is 1. The van der Waals surface area contributed by atoms with Crippen LogP contribution in [-0.2, 0) is 0 Å². The van der Waals surface area contributed by atoms with Crippen LogP contribution in [0.5, 0.6) is 0 Å². The summed E-state index contributed by atoms with van der Waals surface area (Å²) in [5.74, 6) is 0.189. The highest BCUT2D eigenvalue weighted by molar-refractivity contribution is 6.31. The van der Waals surface area contributed by atoms with Gasteiger partial charge in [-0.05, 0) is 41.9 Å². The molecule has 1 nitrogen and oxygen atoms in total. The lowest BCUT2D eigenvalue weighted by Gasteiger charge is -2.30. The molecule has 1 rings (SSSR count). The van der Waals surface area contributed by atoms with Gasteiger partial charge in [-0.3, -0.25) is 0 Å². The van der Waals surface area contributed by atoms with E-state index >= 15 is 0 Å². The molecule has 3 heteroatoms.